The average Bonchev–Trinajstić information content (AvgIpc) is 2.46. The highest BCUT2D eigenvalue weighted by atomic mass is 16.5. The highest BCUT2D eigenvalue weighted by molar-refractivity contribution is 5.27. The zero-order chi connectivity index (χ0) is 14.4. The number of nitrogens with one attached hydrogen (secondary N) is 1. The fraction of sp³-hybridized carbons (Fsp3) is 0.353. The maximum Gasteiger partial charge on any atom is 0.119 e. The lowest BCUT2D eigenvalue weighted by atomic mass is 10.1. The van der Waals surface area contributed by atoms with Crippen molar-refractivity contribution in [2.24, 2.45) is 0 Å². The molecule has 20 heavy (non-hydrogen) atoms. The predicted octanol–water partition coefficient (Wildman–Crippen LogP) is 3.72. The molecule has 0 fully saturated rings. The van der Waals surface area contributed by atoms with Crippen molar-refractivity contribution in [3.63, 3.8) is 0 Å². The number of aromatic nitrogens is 1. The fourth-order valence-electron chi connectivity index (χ4n) is 1.97. The Labute approximate surface area is 121 Å². The maximum atomic E-state index is 5.63. The second-order valence-electron chi connectivity index (χ2n) is 5.17. The predicted molar refractivity (Wildman–Crippen MR) is 81.7 cm³/mol. The number of rotatable bonds is 6. The van der Waals surface area contributed by atoms with E-state index in [2.05, 4.69) is 29.4 Å². The molecule has 0 aliphatic rings. The first-order valence-corrected chi connectivity index (χ1v) is 7.05. The minimum Gasteiger partial charge on any atom is -0.491 e. The summed E-state index contributed by atoms with van der Waals surface area (Å²) in [5, 5.41) is 3.47. The molecular formula is C17H22N2O. The highest BCUT2D eigenvalue weighted by Crippen LogP contribution is 2.15. The molecule has 106 valence electrons. The van der Waals surface area contributed by atoms with Gasteiger partial charge in [0.25, 0.3) is 0 Å². The van der Waals surface area contributed by atoms with Crippen molar-refractivity contribution in [1.29, 1.82) is 0 Å². The largest absolute Gasteiger partial charge is 0.491 e. The van der Waals surface area contributed by atoms with Gasteiger partial charge in [0.15, 0.2) is 0 Å². The van der Waals surface area contributed by atoms with Crippen molar-refractivity contribution in [3.8, 4) is 5.75 Å². The lowest BCUT2D eigenvalue weighted by Crippen LogP contribution is -2.18. The Balaban J connectivity index is 1.88. The SMILES string of the molecule is CC(C)Oc1ccc(CN[C@H](C)c2ccccn2)cc1. The molecule has 0 spiro atoms. The summed E-state index contributed by atoms with van der Waals surface area (Å²) in [5.41, 5.74) is 2.30. The molecule has 0 amide bonds. The van der Waals surface area contributed by atoms with E-state index in [9.17, 15) is 0 Å². The van der Waals surface area contributed by atoms with Crippen LogP contribution in [0.5, 0.6) is 5.75 Å². The molecule has 0 aliphatic carbocycles. The molecule has 2 rings (SSSR count). The smallest absolute Gasteiger partial charge is 0.119 e. The van der Waals surface area contributed by atoms with E-state index in [1.165, 1.54) is 5.56 Å². The molecule has 1 aromatic heterocycles. The van der Waals surface area contributed by atoms with Crippen molar-refractivity contribution in [1.82, 2.24) is 10.3 Å². The summed E-state index contributed by atoms with van der Waals surface area (Å²) >= 11 is 0. The van der Waals surface area contributed by atoms with Crippen LogP contribution in [0.2, 0.25) is 0 Å². The van der Waals surface area contributed by atoms with E-state index in [-0.39, 0.29) is 12.1 Å². The topological polar surface area (TPSA) is 34.1 Å². The summed E-state index contributed by atoms with van der Waals surface area (Å²) in [5.74, 6) is 0.918. The van der Waals surface area contributed by atoms with Crippen molar-refractivity contribution in [2.45, 2.75) is 39.5 Å². The highest BCUT2D eigenvalue weighted by Gasteiger charge is 2.05. The molecule has 0 saturated carbocycles. The molecule has 0 radical (unpaired) electrons. The van der Waals surface area contributed by atoms with Gasteiger partial charge in [0.2, 0.25) is 0 Å². The zero-order valence-electron chi connectivity index (χ0n) is 12.3. The number of ether oxygens (including phenoxy) is 1. The van der Waals surface area contributed by atoms with Crippen LogP contribution in [-0.2, 0) is 6.54 Å². The van der Waals surface area contributed by atoms with E-state index in [0.29, 0.717) is 0 Å². The van der Waals surface area contributed by atoms with Crippen LogP contribution in [0.1, 0.15) is 38.1 Å². The number of hydrogen-bond acceptors (Lipinski definition) is 3. The van der Waals surface area contributed by atoms with E-state index < -0.39 is 0 Å². The zero-order valence-corrected chi connectivity index (χ0v) is 12.3. The first-order valence-electron chi connectivity index (χ1n) is 7.05. The molecule has 3 heteroatoms. The third kappa shape index (κ3) is 4.35. The van der Waals surface area contributed by atoms with Crippen LogP contribution in [0.4, 0.5) is 0 Å². The average molecular weight is 270 g/mol. The monoisotopic (exact) mass is 270 g/mol. The second-order valence-corrected chi connectivity index (χ2v) is 5.17. The number of nitrogens with zero attached hydrogens (tertiary/aromatic N) is 1. The van der Waals surface area contributed by atoms with Crippen LogP contribution in [0.25, 0.3) is 0 Å². The molecule has 1 N–H and O–H groups in total. The Hall–Kier alpha value is -1.87. The van der Waals surface area contributed by atoms with Gasteiger partial charge in [0.1, 0.15) is 5.75 Å². The lowest BCUT2D eigenvalue weighted by molar-refractivity contribution is 0.242. The maximum absolute atomic E-state index is 5.63. The first-order chi connectivity index (χ1) is 9.65. The van der Waals surface area contributed by atoms with Crippen LogP contribution >= 0.6 is 0 Å². The number of hydrogen-bond donors (Lipinski definition) is 1. The Morgan fingerprint density at radius 2 is 1.80 bits per heavy atom. The molecule has 0 bridgehead atoms. The minimum absolute atomic E-state index is 0.211. The second kappa shape index (κ2) is 7.06. The number of pyridine rings is 1. The summed E-state index contributed by atoms with van der Waals surface area (Å²) in [7, 11) is 0. The van der Waals surface area contributed by atoms with Crippen molar-refractivity contribution in [2.75, 3.05) is 0 Å². The Morgan fingerprint density at radius 1 is 1.05 bits per heavy atom. The van der Waals surface area contributed by atoms with Gasteiger partial charge >= 0.3 is 0 Å². The van der Waals surface area contributed by atoms with Crippen LogP contribution in [0.3, 0.4) is 0 Å². The van der Waals surface area contributed by atoms with Gasteiger partial charge in [-0.15, -0.1) is 0 Å². The van der Waals surface area contributed by atoms with E-state index in [4.69, 9.17) is 4.74 Å². The third-order valence-electron chi connectivity index (χ3n) is 3.04. The Kier molecular flexibility index (Phi) is 5.13. The standard InChI is InChI=1S/C17H22N2O/c1-13(2)20-16-9-7-15(8-10-16)12-19-14(3)17-6-4-5-11-18-17/h4-11,13-14,19H,12H2,1-3H3/t14-/m1/s1. The minimum atomic E-state index is 0.211. The molecule has 1 aromatic carbocycles. The van der Waals surface area contributed by atoms with Crippen molar-refractivity contribution >= 4 is 0 Å². The van der Waals surface area contributed by atoms with Crippen LogP contribution in [-0.4, -0.2) is 11.1 Å². The molecule has 2 aromatic rings. The van der Waals surface area contributed by atoms with E-state index in [1.54, 1.807) is 0 Å². The van der Waals surface area contributed by atoms with Gasteiger partial charge < -0.3 is 10.1 Å². The Morgan fingerprint density at radius 3 is 2.40 bits per heavy atom. The van der Waals surface area contributed by atoms with Crippen LogP contribution < -0.4 is 10.1 Å². The fourth-order valence-corrected chi connectivity index (χ4v) is 1.97. The summed E-state index contributed by atoms with van der Waals surface area (Å²) in [6.07, 6.45) is 2.04. The van der Waals surface area contributed by atoms with Gasteiger partial charge in [-0.1, -0.05) is 18.2 Å². The van der Waals surface area contributed by atoms with E-state index >= 15 is 0 Å². The van der Waals surface area contributed by atoms with Crippen molar-refractivity contribution in [3.05, 3.63) is 59.9 Å². The molecular weight excluding hydrogens is 248 g/mol. The lowest BCUT2D eigenvalue weighted by Gasteiger charge is -2.14. The van der Waals surface area contributed by atoms with Gasteiger partial charge in [0, 0.05) is 18.8 Å². The van der Waals surface area contributed by atoms with Gasteiger partial charge in [-0.2, -0.15) is 0 Å². The van der Waals surface area contributed by atoms with Gasteiger partial charge in [0.05, 0.1) is 11.8 Å². The Bertz CT molecular complexity index is 508. The van der Waals surface area contributed by atoms with E-state index in [1.807, 2.05) is 50.4 Å². The van der Waals surface area contributed by atoms with Gasteiger partial charge in [-0.05, 0) is 50.6 Å². The molecule has 0 aliphatic heterocycles. The summed E-state index contributed by atoms with van der Waals surface area (Å²) in [6, 6.07) is 14.4. The number of benzene rings is 1. The quantitative estimate of drug-likeness (QED) is 0.868. The molecule has 3 nitrogen and oxygen atoms in total. The molecule has 1 heterocycles. The van der Waals surface area contributed by atoms with Crippen LogP contribution in [0.15, 0.2) is 48.7 Å². The third-order valence-corrected chi connectivity index (χ3v) is 3.04. The van der Waals surface area contributed by atoms with Crippen LogP contribution in [0, 0.1) is 0 Å². The summed E-state index contributed by atoms with van der Waals surface area (Å²) < 4.78 is 5.63. The van der Waals surface area contributed by atoms with Crippen molar-refractivity contribution < 1.29 is 4.74 Å². The molecule has 1 atom stereocenters. The molecule has 0 unspecified atom stereocenters. The summed E-state index contributed by atoms with van der Waals surface area (Å²) in [4.78, 5) is 4.36. The van der Waals surface area contributed by atoms with Gasteiger partial charge in [-0.3, -0.25) is 4.98 Å². The normalized spacial score (nSPS) is 12.4. The first kappa shape index (κ1) is 14.5. The van der Waals surface area contributed by atoms with E-state index in [0.717, 1.165) is 18.0 Å². The van der Waals surface area contributed by atoms with Gasteiger partial charge in [-0.25, -0.2) is 0 Å². The summed E-state index contributed by atoms with van der Waals surface area (Å²) in [6.45, 7) is 7.01. The molecule has 0 saturated heterocycles.